The number of halogens is 1. The Morgan fingerprint density at radius 2 is 2.00 bits per heavy atom. The number of benzene rings is 2. The van der Waals surface area contributed by atoms with E-state index in [9.17, 15) is 10.1 Å². The van der Waals surface area contributed by atoms with Gasteiger partial charge in [-0.25, -0.2) is 0 Å². The summed E-state index contributed by atoms with van der Waals surface area (Å²) in [6, 6.07) is 16.8. The molecule has 1 atom stereocenters. The van der Waals surface area contributed by atoms with Gasteiger partial charge in [0.2, 0.25) is 5.91 Å². The van der Waals surface area contributed by atoms with Crippen molar-refractivity contribution in [1.29, 1.82) is 5.26 Å². The molecule has 0 aliphatic heterocycles. The third-order valence-electron chi connectivity index (χ3n) is 3.20. The summed E-state index contributed by atoms with van der Waals surface area (Å²) in [5.41, 5.74) is 2.51. The van der Waals surface area contributed by atoms with E-state index in [2.05, 4.69) is 11.4 Å². The van der Waals surface area contributed by atoms with Crippen molar-refractivity contribution in [2.24, 2.45) is 5.92 Å². The molecule has 2 aromatic rings. The molecule has 1 amide bonds. The van der Waals surface area contributed by atoms with E-state index in [1.807, 2.05) is 37.3 Å². The van der Waals surface area contributed by atoms with Gasteiger partial charge in [0, 0.05) is 10.7 Å². The highest BCUT2D eigenvalue weighted by molar-refractivity contribution is 6.30. The molecule has 4 heteroatoms. The van der Waals surface area contributed by atoms with Gasteiger partial charge in [0.15, 0.2) is 0 Å². The molecule has 3 nitrogen and oxygen atoms in total. The van der Waals surface area contributed by atoms with Crippen LogP contribution in [0.15, 0.2) is 48.5 Å². The zero-order valence-corrected chi connectivity index (χ0v) is 12.4. The van der Waals surface area contributed by atoms with E-state index in [1.54, 1.807) is 18.2 Å². The Morgan fingerprint density at radius 1 is 1.29 bits per heavy atom. The van der Waals surface area contributed by atoms with Crippen molar-refractivity contribution in [2.75, 3.05) is 5.32 Å². The molecule has 0 aromatic heterocycles. The molecule has 0 fully saturated rings. The molecule has 2 rings (SSSR count). The second kappa shape index (κ2) is 6.92. The summed E-state index contributed by atoms with van der Waals surface area (Å²) >= 11 is 5.89. The quantitative estimate of drug-likeness (QED) is 0.928. The molecule has 0 bridgehead atoms. The van der Waals surface area contributed by atoms with Crippen LogP contribution in [0, 0.1) is 24.2 Å². The molecule has 21 heavy (non-hydrogen) atoms. The first-order valence-electron chi connectivity index (χ1n) is 6.60. The highest BCUT2D eigenvalue weighted by Gasteiger charge is 2.19. The molecule has 0 heterocycles. The lowest BCUT2D eigenvalue weighted by Gasteiger charge is -2.12. The third-order valence-corrected chi connectivity index (χ3v) is 3.44. The summed E-state index contributed by atoms with van der Waals surface area (Å²) in [5.74, 6) is -1.02. The smallest absolute Gasteiger partial charge is 0.242 e. The number of nitrogens with zero attached hydrogens (tertiary/aromatic N) is 1. The number of anilines is 1. The normalized spacial score (nSPS) is 11.5. The maximum absolute atomic E-state index is 12.2. The number of rotatable bonds is 4. The number of nitrogens with one attached hydrogen (secondary N) is 1. The molecular formula is C17H15ClN2O. The summed E-state index contributed by atoms with van der Waals surface area (Å²) in [6.45, 7) is 1.86. The Labute approximate surface area is 129 Å². The molecule has 0 spiro atoms. The van der Waals surface area contributed by atoms with E-state index < -0.39 is 5.92 Å². The molecular weight excluding hydrogens is 284 g/mol. The van der Waals surface area contributed by atoms with E-state index in [0.717, 1.165) is 11.1 Å². The summed E-state index contributed by atoms with van der Waals surface area (Å²) in [6.07, 6.45) is 0.399. The van der Waals surface area contributed by atoms with E-state index in [4.69, 9.17) is 11.6 Å². The highest BCUT2D eigenvalue weighted by Crippen LogP contribution is 2.20. The third kappa shape index (κ3) is 4.08. The minimum atomic E-state index is -0.720. The van der Waals surface area contributed by atoms with E-state index in [-0.39, 0.29) is 5.91 Å². The molecule has 0 aliphatic carbocycles. The van der Waals surface area contributed by atoms with Crippen LogP contribution in [-0.2, 0) is 11.2 Å². The second-order valence-electron chi connectivity index (χ2n) is 4.82. The first-order valence-corrected chi connectivity index (χ1v) is 6.98. The van der Waals surface area contributed by atoms with Crippen LogP contribution in [-0.4, -0.2) is 5.91 Å². The van der Waals surface area contributed by atoms with Crippen LogP contribution in [0.5, 0.6) is 0 Å². The van der Waals surface area contributed by atoms with Crippen LogP contribution in [0.25, 0.3) is 0 Å². The lowest BCUT2D eigenvalue weighted by atomic mass is 9.99. The molecule has 0 aliphatic rings. The van der Waals surface area contributed by atoms with Crippen molar-refractivity contribution in [3.63, 3.8) is 0 Å². The van der Waals surface area contributed by atoms with Crippen LogP contribution in [0.1, 0.15) is 11.1 Å². The van der Waals surface area contributed by atoms with Gasteiger partial charge in [-0.15, -0.1) is 0 Å². The lowest BCUT2D eigenvalue weighted by molar-refractivity contribution is -0.118. The maximum atomic E-state index is 12.2. The first kappa shape index (κ1) is 15.1. The Balaban J connectivity index is 2.09. The molecule has 106 valence electrons. The molecule has 0 saturated heterocycles. The average Bonchev–Trinajstić information content (AvgIpc) is 2.48. The number of carbonyl (C=O) groups is 1. The number of nitriles is 1. The largest absolute Gasteiger partial charge is 0.325 e. The van der Waals surface area contributed by atoms with Gasteiger partial charge in [0.1, 0.15) is 5.92 Å². The number of aryl methyl sites for hydroxylation is 1. The number of hydrogen-bond donors (Lipinski definition) is 1. The van der Waals surface area contributed by atoms with Crippen LogP contribution < -0.4 is 5.32 Å². The monoisotopic (exact) mass is 298 g/mol. The van der Waals surface area contributed by atoms with Crippen molar-refractivity contribution >= 4 is 23.2 Å². The van der Waals surface area contributed by atoms with Gasteiger partial charge >= 0.3 is 0 Å². The zero-order chi connectivity index (χ0) is 15.2. The first-order chi connectivity index (χ1) is 10.1. The molecule has 1 unspecified atom stereocenters. The van der Waals surface area contributed by atoms with E-state index >= 15 is 0 Å². The van der Waals surface area contributed by atoms with Crippen LogP contribution >= 0.6 is 11.6 Å². The Morgan fingerprint density at radius 3 is 2.62 bits per heavy atom. The summed E-state index contributed by atoms with van der Waals surface area (Å²) in [7, 11) is 0. The Bertz CT molecular complexity index is 677. The van der Waals surface area contributed by atoms with Gasteiger partial charge in [0.25, 0.3) is 0 Å². The standard InChI is InChI=1S/C17H15ClN2O/c1-12-9-15(18)7-8-16(12)20-17(21)14(11-19)10-13-5-3-2-4-6-13/h2-9,14H,10H2,1H3,(H,20,21). The van der Waals surface area contributed by atoms with Gasteiger partial charge < -0.3 is 5.32 Å². The van der Waals surface area contributed by atoms with Crippen molar-refractivity contribution in [3.05, 3.63) is 64.7 Å². The average molecular weight is 299 g/mol. The topological polar surface area (TPSA) is 52.9 Å². The Hall–Kier alpha value is -2.31. The molecule has 2 aromatic carbocycles. The van der Waals surface area contributed by atoms with Crippen molar-refractivity contribution in [3.8, 4) is 6.07 Å². The minimum Gasteiger partial charge on any atom is -0.325 e. The fourth-order valence-corrected chi connectivity index (χ4v) is 2.26. The maximum Gasteiger partial charge on any atom is 0.242 e. The highest BCUT2D eigenvalue weighted by atomic mass is 35.5. The van der Waals surface area contributed by atoms with Gasteiger partial charge in [0.05, 0.1) is 6.07 Å². The number of hydrogen-bond acceptors (Lipinski definition) is 2. The molecule has 1 N–H and O–H groups in total. The second-order valence-corrected chi connectivity index (χ2v) is 5.26. The van der Waals surface area contributed by atoms with Crippen molar-refractivity contribution < 1.29 is 4.79 Å². The Kier molecular flexibility index (Phi) is 4.97. The summed E-state index contributed by atoms with van der Waals surface area (Å²) < 4.78 is 0. The van der Waals surface area contributed by atoms with E-state index in [0.29, 0.717) is 17.1 Å². The zero-order valence-electron chi connectivity index (χ0n) is 11.6. The fourth-order valence-electron chi connectivity index (χ4n) is 2.03. The summed E-state index contributed by atoms with van der Waals surface area (Å²) in [4.78, 5) is 12.2. The van der Waals surface area contributed by atoms with Crippen LogP contribution in [0.2, 0.25) is 5.02 Å². The van der Waals surface area contributed by atoms with Crippen LogP contribution in [0.4, 0.5) is 5.69 Å². The lowest BCUT2D eigenvalue weighted by Crippen LogP contribution is -2.23. The predicted molar refractivity (Wildman–Crippen MR) is 84.1 cm³/mol. The van der Waals surface area contributed by atoms with Crippen LogP contribution in [0.3, 0.4) is 0 Å². The molecule has 0 saturated carbocycles. The van der Waals surface area contributed by atoms with E-state index in [1.165, 1.54) is 0 Å². The predicted octanol–water partition coefficient (Wildman–Crippen LogP) is 3.97. The summed E-state index contributed by atoms with van der Waals surface area (Å²) in [5, 5.41) is 12.6. The van der Waals surface area contributed by atoms with Gasteiger partial charge in [-0.1, -0.05) is 41.9 Å². The molecule has 0 radical (unpaired) electrons. The number of carbonyl (C=O) groups excluding carboxylic acids is 1. The van der Waals surface area contributed by atoms with Gasteiger partial charge in [-0.3, -0.25) is 4.79 Å². The fraction of sp³-hybridized carbons (Fsp3) is 0.176. The van der Waals surface area contributed by atoms with Crippen molar-refractivity contribution in [2.45, 2.75) is 13.3 Å². The van der Waals surface area contributed by atoms with Gasteiger partial charge in [-0.2, -0.15) is 5.26 Å². The number of amides is 1. The van der Waals surface area contributed by atoms with Gasteiger partial charge in [-0.05, 0) is 42.7 Å². The van der Waals surface area contributed by atoms with Crippen molar-refractivity contribution in [1.82, 2.24) is 0 Å². The SMILES string of the molecule is Cc1cc(Cl)ccc1NC(=O)C(C#N)Cc1ccccc1. The minimum absolute atomic E-state index is 0.299.